The van der Waals surface area contributed by atoms with Crippen molar-refractivity contribution in [2.24, 2.45) is 11.8 Å². The number of unbranched alkanes of at least 4 members (excludes halogenated alkanes) is 2. The minimum absolute atomic E-state index is 0.0387. The van der Waals surface area contributed by atoms with Crippen molar-refractivity contribution in [3.8, 4) is 11.1 Å². The molecule has 2 atom stereocenters. The van der Waals surface area contributed by atoms with Crippen LogP contribution in [-0.4, -0.2) is 0 Å². The molecular formula is C43H55N. The Labute approximate surface area is 268 Å². The Balaban J connectivity index is 1.71. The van der Waals surface area contributed by atoms with Crippen LogP contribution in [0.3, 0.4) is 0 Å². The van der Waals surface area contributed by atoms with E-state index in [1.807, 2.05) is 0 Å². The zero-order valence-corrected chi connectivity index (χ0v) is 28.3. The first-order valence-electron chi connectivity index (χ1n) is 17.6. The van der Waals surface area contributed by atoms with E-state index in [1.165, 1.54) is 104 Å². The van der Waals surface area contributed by atoms with E-state index in [2.05, 4.69) is 137 Å². The SMILES string of the molecule is CCCCC(CC)CC1(CC(CC)CCCC)c2ccccc2-c2ccc(N(c3ccc(C)cc3)c3ccc(C)cc3)cc21. The summed E-state index contributed by atoms with van der Waals surface area (Å²) in [7, 11) is 0. The molecule has 0 aromatic heterocycles. The Hall–Kier alpha value is -3.32. The molecule has 0 saturated heterocycles. The number of hydrogen-bond acceptors (Lipinski definition) is 1. The number of benzene rings is 4. The first-order valence-corrected chi connectivity index (χ1v) is 17.6. The number of fused-ring (bicyclic) bond motifs is 3. The molecule has 0 saturated carbocycles. The first-order chi connectivity index (χ1) is 21.4. The molecule has 0 fully saturated rings. The van der Waals surface area contributed by atoms with E-state index in [0.29, 0.717) is 0 Å². The van der Waals surface area contributed by atoms with Crippen LogP contribution in [0.25, 0.3) is 11.1 Å². The molecule has 0 N–H and O–H groups in total. The second-order valence-electron chi connectivity index (χ2n) is 13.6. The molecule has 1 aliphatic rings. The highest BCUT2D eigenvalue weighted by Crippen LogP contribution is 2.57. The van der Waals surface area contributed by atoms with E-state index in [4.69, 9.17) is 0 Å². The van der Waals surface area contributed by atoms with Gasteiger partial charge in [0, 0.05) is 22.5 Å². The lowest BCUT2D eigenvalue weighted by Gasteiger charge is -2.39. The van der Waals surface area contributed by atoms with Crippen LogP contribution in [0.15, 0.2) is 91.0 Å². The minimum Gasteiger partial charge on any atom is -0.310 e. The number of nitrogens with zero attached hydrogens (tertiary/aromatic N) is 1. The summed E-state index contributed by atoms with van der Waals surface area (Å²) in [6, 6.07) is 34.9. The van der Waals surface area contributed by atoms with Crippen molar-refractivity contribution < 1.29 is 0 Å². The van der Waals surface area contributed by atoms with Crippen molar-refractivity contribution in [2.75, 3.05) is 4.90 Å². The molecule has 4 aromatic carbocycles. The van der Waals surface area contributed by atoms with Gasteiger partial charge < -0.3 is 4.90 Å². The van der Waals surface area contributed by atoms with Gasteiger partial charge in [-0.2, -0.15) is 0 Å². The molecule has 0 spiro atoms. The van der Waals surface area contributed by atoms with Gasteiger partial charge in [-0.05, 0) is 97.2 Å². The van der Waals surface area contributed by atoms with Gasteiger partial charge in [-0.25, -0.2) is 0 Å². The van der Waals surface area contributed by atoms with Crippen molar-refractivity contribution >= 4 is 17.1 Å². The van der Waals surface area contributed by atoms with Gasteiger partial charge in [0.2, 0.25) is 0 Å². The van der Waals surface area contributed by atoms with Crippen molar-refractivity contribution in [1.29, 1.82) is 0 Å². The van der Waals surface area contributed by atoms with Gasteiger partial charge in [-0.1, -0.05) is 145 Å². The summed E-state index contributed by atoms with van der Waals surface area (Å²) in [4.78, 5) is 2.47. The van der Waals surface area contributed by atoms with Crippen molar-refractivity contribution in [1.82, 2.24) is 0 Å². The van der Waals surface area contributed by atoms with E-state index >= 15 is 0 Å². The van der Waals surface area contributed by atoms with E-state index in [-0.39, 0.29) is 5.41 Å². The molecule has 1 aliphatic carbocycles. The standard InChI is InChI=1S/C43H55N/c1-7-11-15-34(9-3)30-43(31-35(10-4)16-12-8-2)41-18-14-13-17-39(41)40-28-27-38(29-42(40)43)44(36-23-19-32(5)20-24-36)37-25-21-33(6)22-26-37/h13-14,17-29,34-35H,7-12,15-16,30-31H2,1-6H3. The predicted molar refractivity (Wildman–Crippen MR) is 193 cm³/mol. The second-order valence-corrected chi connectivity index (χ2v) is 13.6. The molecule has 44 heavy (non-hydrogen) atoms. The fraction of sp³-hybridized carbons (Fsp3) is 0.442. The topological polar surface area (TPSA) is 3.24 Å². The molecular weight excluding hydrogens is 530 g/mol. The molecule has 0 amide bonds. The molecule has 0 radical (unpaired) electrons. The average molecular weight is 586 g/mol. The maximum absolute atomic E-state index is 2.59. The fourth-order valence-electron chi connectivity index (χ4n) is 7.81. The average Bonchev–Trinajstić information content (AvgIpc) is 3.31. The van der Waals surface area contributed by atoms with Crippen LogP contribution in [0.5, 0.6) is 0 Å². The number of aryl methyl sites for hydroxylation is 2. The monoisotopic (exact) mass is 585 g/mol. The normalized spacial score (nSPS) is 16.8. The zero-order valence-electron chi connectivity index (χ0n) is 28.3. The van der Waals surface area contributed by atoms with Gasteiger partial charge >= 0.3 is 0 Å². The highest BCUT2D eigenvalue weighted by molar-refractivity contribution is 5.85. The van der Waals surface area contributed by atoms with Crippen molar-refractivity contribution in [3.05, 3.63) is 113 Å². The largest absolute Gasteiger partial charge is 0.310 e. The Morgan fingerprint density at radius 2 is 1.02 bits per heavy atom. The second kappa shape index (κ2) is 14.6. The molecule has 0 heterocycles. The van der Waals surface area contributed by atoms with E-state index < -0.39 is 0 Å². The van der Waals surface area contributed by atoms with Crippen LogP contribution in [0.2, 0.25) is 0 Å². The summed E-state index contributed by atoms with van der Waals surface area (Å²) in [5.74, 6) is 1.46. The Morgan fingerprint density at radius 1 is 0.545 bits per heavy atom. The van der Waals surface area contributed by atoms with Gasteiger partial charge in [0.05, 0.1) is 0 Å². The quantitative estimate of drug-likeness (QED) is 0.134. The lowest BCUT2D eigenvalue weighted by atomic mass is 9.65. The molecule has 0 bridgehead atoms. The molecule has 1 nitrogen and oxygen atoms in total. The Kier molecular flexibility index (Phi) is 10.7. The van der Waals surface area contributed by atoms with Crippen LogP contribution in [0.4, 0.5) is 17.1 Å². The van der Waals surface area contributed by atoms with E-state index in [9.17, 15) is 0 Å². The molecule has 0 aliphatic heterocycles. The predicted octanol–water partition coefficient (Wildman–Crippen LogP) is 13.3. The summed E-state index contributed by atoms with van der Waals surface area (Å²) < 4.78 is 0. The van der Waals surface area contributed by atoms with Gasteiger partial charge in [0.25, 0.3) is 0 Å². The Morgan fingerprint density at radius 3 is 1.52 bits per heavy atom. The van der Waals surface area contributed by atoms with E-state index in [0.717, 1.165) is 11.8 Å². The first kappa shape index (κ1) is 32.1. The maximum Gasteiger partial charge on any atom is 0.0465 e. The van der Waals surface area contributed by atoms with Crippen molar-refractivity contribution in [3.63, 3.8) is 0 Å². The molecule has 2 unspecified atom stereocenters. The zero-order chi connectivity index (χ0) is 31.1. The summed E-state index contributed by atoms with van der Waals surface area (Å²) in [5, 5.41) is 0. The van der Waals surface area contributed by atoms with Crippen LogP contribution in [-0.2, 0) is 5.41 Å². The van der Waals surface area contributed by atoms with Gasteiger partial charge in [0.1, 0.15) is 0 Å². The summed E-state index contributed by atoms with van der Waals surface area (Å²) in [6.45, 7) is 13.9. The third-order valence-corrected chi connectivity index (χ3v) is 10.5. The molecule has 1 heteroatoms. The number of hydrogen-bond donors (Lipinski definition) is 0. The number of rotatable bonds is 15. The van der Waals surface area contributed by atoms with Gasteiger partial charge in [0.15, 0.2) is 0 Å². The maximum atomic E-state index is 2.59. The lowest BCUT2D eigenvalue weighted by Crippen LogP contribution is -2.31. The summed E-state index contributed by atoms with van der Waals surface area (Å²) in [6.07, 6.45) is 12.9. The van der Waals surface area contributed by atoms with E-state index in [1.54, 1.807) is 11.1 Å². The minimum atomic E-state index is 0.0387. The third-order valence-electron chi connectivity index (χ3n) is 10.5. The third kappa shape index (κ3) is 6.68. The van der Waals surface area contributed by atoms with Gasteiger partial charge in [-0.3, -0.25) is 0 Å². The lowest BCUT2D eigenvalue weighted by molar-refractivity contribution is 0.266. The highest BCUT2D eigenvalue weighted by Gasteiger charge is 2.45. The van der Waals surface area contributed by atoms with Crippen LogP contribution in [0.1, 0.15) is 114 Å². The van der Waals surface area contributed by atoms with Crippen molar-refractivity contribution in [2.45, 2.75) is 111 Å². The van der Waals surface area contributed by atoms with Crippen LogP contribution < -0.4 is 4.90 Å². The molecule has 5 rings (SSSR count). The smallest absolute Gasteiger partial charge is 0.0465 e. The number of anilines is 3. The van der Waals surface area contributed by atoms with Crippen LogP contribution >= 0.6 is 0 Å². The summed E-state index contributed by atoms with van der Waals surface area (Å²) in [5.41, 5.74) is 12.4. The van der Waals surface area contributed by atoms with Crippen LogP contribution in [0, 0.1) is 25.7 Å². The molecule has 232 valence electrons. The Bertz CT molecular complexity index is 1420. The highest BCUT2D eigenvalue weighted by atomic mass is 15.1. The fourth-order valence-corrected chi connectivity index (χ4v) is 7.81. The van der Waals surface area contributed by atoms with Gasteiger partial charge in [-0.15, -0.1) is 0 Å². The molecule has 4 aromatic rings. The summed E-state index contributed by atoms with van der Waals surface area (Å²) >= 11 is 0.